The Kier molecular flexibility index (Phi) is 8.98. The van der Waals surface area contributed by atoms with Gasteiger partial charge in [-0.1, -0.05) is 31.7 Å². The Balaban J connectivity index is 1.67. The molecule has 1 atom stereocenters. The summed E-state index contributed by atoms with van der Waals surface area (Å²) >= 11 is 0. The smallest absolute Gasteiger partial charge is 0.295 e. The number of benzene rings is 2. The van der Waals surface area contributed by atoms with E-state index in [2.05, 4.69) is 11.5 Å². The second-order valence-corrected chi connectivity index (χ2v) is 8.99. The Morgan fingerprint density at radius 1 is 1.03 bits per heavy atom. The fourth-order valence-electron chi connectivity index (χ4n) is 4.52. The number of nitrogens with zero attached hydrogens (tertiary/aromatic N) is 2. The molecule has 0 unspecified atom stereocenters. The third kappa shape index (κ3) is 6.21. The summed E-state index contributed by atoms with van der Waals surface area (Å²) in [5.41, 5.74) is 1.25. The van der Waals surface area contributed by atoms with Crippen molar-refractivity contribution in [1.82, 2.24) is 9.80 Å². The zero-order valence-corrected chi connectivity index (χ0v) is 21.2. The molecule has 8 heteroatoms. The minimum Gasteiger partial charge on any atom is -0.507 e. The first-order valence-corrected chi connectivity index (χ1v) is 12.7. The summed E-state index contributed by atoms with van der Waals surface area (Å²) in [5.74, 6) is -0.184. The lowest BCUT2D eigenvalue weighted by Gasteiger charge is -2.31. The molecule has 0 aliphatic carbocycles. The van der Waals surface area contributed by atoms with Crippen LogP contribution in [0.15, 0.2) is 66.8 Å². The zero-order chi connectivity index (χ0) is 26.2. The summed E-state index contributed by atoms with van der Waals surface area (Å²) in [4.78, 5) is 30.3. The molecule has 2 aromatic rings. The maximum Gasteiger partial charge on any atom is 0.295 e. The Labute approximate surface area is 217 Å². The number of ether oxygens (including phenoxy) is 3. The Morgan fingerprint density at radius 3 is 2.32 bits per heavy atom. The summed E-state index contributed by atoms with van der Waals surface area (Å²) in [6.07, 6.45) is 2.54. The van der Waals surface area contributed by atoms with Crippen molar-refractivity contribution in [2.24, 2.45) is 0 Å². The summed E-state index contributed by atoms with van der Waals surface area (Å²) in [5, 5.41) is 11.3. The summed E-state index contributed by atoms with van der Waals surface area (Å²) in [6.45, 7) is 10.4. The number of likely N-dealkylation sites (tertiary alicyclic amines) is 1. The molecule has 2 fully saturated rings. The molecule has 2 aliphatic heterocycles. The number of carbonyl (C=O) groups is 2. The average molecular weight is 507 g/mol. The average Bonchev–Trinajstić information content (AvgIpc) is 3.19. The third-order valence-electron chi connectivity index (χ3n) is 6.47. The fraction of sp³-hybridized carbons (Fsp3) is 0.379. The number of amides is 1. The van der Waals surface area contributed by atoms with Gasteiger partial charge in [-0.05, 0) is 48.4 Å². The number of carbonyl (C=O) groups excluding carboxylic acids is 2. The maximum absolute atomic E-state index is 13.3. The van der Waals surface area contributed by atoms with E-state index in [1.54, 1.807) is 47.4 Å². The number of hydrogen-bond donors (Lipinski definition) is 1. The van der Waals surface area contributed by atoms with E-state index in [1.807, 2.05) is 19.1 Å². The van der Waals surface area contributed by atoms with Gasteiger partial charge in [0.15, 0.2) is 0 Å². The van der Waals surface area contributed by atoms with E-state index < -0.39 is 17.7 Å². The van der Waals surface area contributed by atoms with Crippen LogP contribution in [0.2, 0.25) is 0 Å². The van der Waals surface area contributed by atoms with Crippen molar-refractivity contribution in [3.63, 3.8) is 0 Å². The SMILES string of the molecule is C=CCOc1ccc([C@H]2C(=C(O)c3ccc(OCCC)cc3)C(=O)C(=O)N2CCN2CCOCC2)cc1. The highest BCUT2D eigenvalue weighted by molar-refractivity contribution is 6.46. The van der Waals surface area contributed by atoms with E-state index in [-0.39, 0.29) is 11.3 Å². The van der Waals surface area contributed by atoms with Gasteiger partial charge in [0, 0.05) is 31.7 Å². The number of ketones is 1. The van der Waals surface area contributed by atoms with Gasteiger partial charge < -0.3 is 24.2 Å². The molecular weight excluding hydrogens is 472 g/mol. The van der Waals surface area contributed by atoms with E-state index >= 15 is 0 Å². The van der Waals surface area contributed by atoms with Gasteiger partial charge in [0.2, 0.25) is 0 Å². The standard InChI is InChI=1S/C29H34N2O6/c1-3-17-36-23-9-5-21(6-10-23)26-25(27(32)22-7-11-24(12-8-22)37-18-4-2)28(33)29(34)31(26)14-13-30-15-19-35-20-16-30/h3,5-12,26,32H,1,4,13-20H2,2H3/t26-/m0/s1. The molecule has 2 heterocycles. The number of hydrogen-bond acceptors (Lipinski definition) is 7. The van der Waals surface area contributed by atoms with Crippen LogP contribution < -0.4 is 9.47 Å². The number of aliphatic hydroxyl groups excluding tert-OH is 1. The molecule has 2 aromatic carbocycles. The van der Waals surface area contributed by atoms with Crippen LogP contribution in [0.5, 0.6) is 11.5 Å². The van der Waals surface area contributed by atoms with Crippen LogP contribution in [0.3, 0.4) is 0 Å². The van der Waals surface area contributed by atoms with Gasteiger partial charge in [-0.3, -0.25) is 14.5 Å². The van der Waals surface area contributed by atoms with E-state index in [9.17, 15) is 14.7 Å². The molecule has 0 radical (unpaired) electrons. The molecule has 2 saturated heterocycles. The number of morpholine rings is 1. The van der Waals surface area contributed by atoms with Crippen molar-refractivity contribution in [1.29, 1.82) is 0 Å². The first-order chi connectivity index (χ1) is 18.0. The van der Waals surface area contributed by atoms with Gasteiger partial charge in [0.05, 0.1) is 31.4 Å². The first kappa shape index (κ1) is 26.4. The highest BCUT2D eigenvalue weighted by atomic mass is 16.5. The number of rotatable bonds is 11. The molecule has 8 nitrogen and oxygen atoms in total. The molecule has 196 valence electrons. The second kappa shape index (κ2) is 12.6. The molecule has 1 amide bonds. The van der Waals surface area contributed by atoms with E-state index in [0.717, 1.165) is 25.1 Å². The fourth-order valence-corrected chi connectivity index (χ4v) is 4.52. The van der Waals surface area contributed by atoms with Crippen LogP contribution in [0.1, 0.15) is 30.5 Å². The Bertz CT molecular complexity index is 1120. The molecule has 0 bridgehead atoms. The van der Waals surface area contributed by atoms with Gasteiger partial charge >= 0.3 is 0 Å². The molecule has 0 aromatic heterocycles. The van der Waals surface area contributed by atoms with E-state index in [0.29, 0.717) is 56.6 Å². The zero-order valence-electron chi connectivity index (χ0n) is 21.2. The predicted octanol–water partition coefficient (Wildman–Crippen LogP) is 3.79. The minimum atomic E-state index is -0.717. The van der Waals surface area contributed by atoms with Crippen molar-refractivity contribution < 1.29 is 28.9 Å². The van der Waals surface area contributed by atoms with Crippen LogP contribution in [0.25, 0.3) is 5.76 Å². The van der Waals surface area contributed by atoms with Crippen molar-refractivity contribution >= 4 is 17.4 Å². The predicted molar refractivity (Wildman–Crippen MR) is 141 cm³/mol. The number of aliphatic hydroxyl groups is 1. The maximum atomic E-state index is 13.3. The van der Waals surface area contributed by atoms with Crippen molar-refractivity contribution in [2.75, 3.05) is 52.6 Å². The minimum absolute atomic E-state index is 0.0777. The van der Waals surface area contributed by atoms with E-state index in [4.69, 9.17) is 14.2 Å². The molecule has 1 N–H and O–H groups in total. The van der Waals surface area contributed by atoms with Gasteiger partial charge in [0.1, 0.15) is 23.9 Å². The lowest BCUT2D eigenvalue weighted by atomic mass is 9.95. The Hall–Kier alpha value is -3.62. The highest BCUT2D eigenvalue weighted by Gasteiger charge is 2.46. The van der Waals surface area contributed by atoms with Crippen LogP contribution in [-0.2, 0) is 14.3 Å². The van der Waals surface area contributed by atoms with Crippen LogP contribution in [-0.4, -0.2) is 79.2 Å². The first-order valence-electron chi connectivity index (χ1n) is 12.7. The highest BCUT2D eigenvalue weighted by Crippen LogP contribution is 2.40. The summed E-state index contributed by atoms with van der Waals surface area (Å²) in [6, 6.07) is 13.4. The lowest BCUT2D eigenvalue weighted by molar-refractivity contribution is -0.140. The molecule has 37 heavy (non-hydrogen) atoms. The molecule has 0 saturated carbocycles. The lowest BCUT2D eigenvalue weighted by Crippen LogP contribution is -2.42. The van der Waals surface area contributed by atoms with Crippen molar-refractivity contribution in [2.45, 2.75) is 19.4 Å². The molecule has 2 aliphatic rings. The monoisotopic (exact) mass is 506 g/mol. The molecular formula is C29H34N2O6. The number of Topliss-reactive ketones (excluding diaryl/α,β-unsaturated/α-hetero) is 1. The van der Waals surface area contributed by atoms with Crippen LogP contribution >= 0.6 is 0 Å². The quantitative estimate of drug-likeness (QED) is 0.215. The summed E-state index contributed by atoms with van der Waals surface area (Å²) in [7, 11) is 0. The van der Waals surface area contributed by atoms with Crippen molar-refractivity contribution in [3.05, 3.63) is 77.9 Å². The van der Waals surface area contributed by atoms with Crippen LogP contribution in [0, 0.1) is 0 Å². The topological polar surface area (TPSA) is 88.5 Å². The second-order valence-electron chi connectivity index (χ2n) is 8.99. The van der Waals surface area contributed by atoms with Crippen molar-refractivity contribution in [3.8, 4) is 11.5 Å². The normalized spacial score (nSPS) is 19.7. The van der Waals surface area contributed by atoms with Gasteiger partial charge in [-0.15, -0.1) is 0 Å². The van der Waals surface area contributed by atoms with Crippen LogP contribution in [0.4, 0.5) is 0 Å². The summed E-state index contributed by atoms with van der Waals surface area (Å²) < 4.78 is 16.6. The third-order valence-corrected chi connectivity index (χ3v) is 6.47. The Morgan fingerprint density at radius 2 is 1.68 bits per heavy atom. The molecule has 4 rings (SSSR count). The van der Waals surface area contributed by atoms with Gasteiger partial charge in [-0.25, -0.2) is 0 Å². The van der Waals surface area contributed by atoms with Gasteiger partial charge in [0.25, 0.3) is 11.7 Å². The molecule has 0 spiro atoms. The van der Waals surface area contributed by atoms with Gasteiger partial charge in [-0.2, -0.15) is 0 Å². The largest absolute Gasteiger partial charge is 0.507 e. The van der Waals surface area contributed by atoms with E-state index in [1.165, 1.54) is 0 Å².